The number of benzene rings is 1. The fourth-order valence-electron chi connectivity index (χ4n) is 2.45. The van der Waals surface area contributed by atoms with Crippen molar-refractivity contribution in [1.29, 1.82) is 0 Å². The highest BCUT2D eigenvalue weighted by Gasteiger charge is 2.22. The molecule has 1 aromatic carbocycles. The molecule has 0 unspecified atom stereocenters. The summed E-state index contributed by atoms with van der Waals surface area (Å²) in [6.07, 6.45) is 0. The minimum Gasteiger partial charge on any atom is -0.497 e. The number of carboxylic acid groups (broad SMARTS) is 1. The Labute approximate surface area is 125 Å². The molecule has 0 saturated carbocycles. The zero-order valence-corrected chi connectivity index (χ0v) is 12.7. The van der Waals surface area contributed by atoms with E-state index in [1.165, 1.54) is 11.3 Å². The Balaban J connectivity index is 2.29. The van der Waals surface area contributed by atoms with Gasteiger partial charge in [-0.05, 0) is 43.7 Å². The highest BCUT2D eigenvalue weighted by atomic mass is 32.1. The smallest absolute Gasteiger partial charge is 0.354 e. The van der Waals surface area contributed by atoms with E-state index >= 15 is 0 Å². The van der Waals surface area contributed by atoms with Crippen LogP contribution < -0.4 is 4.74 Å². The van der Waals surface area contributed by atoms with Crippen LogP contribution in [0.25, 0.3) is 16.2 Å². The average molecular weight is 302 g/mol. The molecule has 0 fully saturated rings. The van der Waals surface area contributed by atoms with Gasteiger partial charge in [-0.2, -0.15) is 0 Å². The van der Waals surface area contributed by atoms with Crippen LogP contribution in [0.4, 0.5) is 0 Å². The SMILES string of the molecule is COc1ccc(-c2c(C)sc3nc(C)c(C(=O)O)n23)cc1. The number of imidazole rings is 1. The molecule has 6 heteroatoms. The van der Waals surface area contributed by atoms with Crippen molar-refractivity contribution in [3.63, 3.8) is 0 Å². The molecule has 1 N–H and O–H groups in total. The number of carbonyl (C=O) groups is 1. The molecule has 108 valence electrons. The molecule has 0 aliphatic carbocycles. The van der Waals surface area contributed by atoms with E-state index < -0.39 is 5.97 Å². The zero-order chi connectivity index (χ0) is 15.1. The van der Waals surface area contributed by atoms with E-state index in [1.807, 2.05) is 31.2 Å². The van der Waals surface area contributed by atoms with Gasteiger partial charge in [-0.15, -0.1) is 11.3 Å². The van der Waals surface area contributed by atoms with Crippen LogP contribution in [0.5, 0.6) is 5.75 Å². The standard InChI is InChI=1S/C15H14N2O3S/c1-8-12(14(18)19)17-13(9(2)21-15(17)16-8)10-4-6-11(20-3)7-5-10/h4-7H,1-3H3,(H,18,19). The lowest BCUT2D eigenvalue weighted by Gasteiger charge is -2.06. The fraction of sp³-hybridized carbons (Fsp3) is 0.200. The van der Waals surface area contributed by atoms with Gasteiger partial charge >= 0.3 is 5.97 Å². The van der Waals surface area contributed by atoms with E-state index in [9.17, 15) is 9.90 Å². The molecule has 21 heavy (non-hydrogen) atoms. The second-order valence-electron chi connectivity index (χ2n) is 4.70. The molecule has 3 rings (SSSR count). The number of methoxy groups -OCH3 is 1. The number of rotatable bonds is 3. The maximum absolute atomic E-state index is 11.5. The number of hydrogen-bond acceptors (Lipinski definition) is 4. The average Bonchev–Trinajstić information content (AvgIpc) is 2.91. The van der Waals surface area contributed by atoms with Crippen LogP contribution in [-0.2, 0) is 0 Å². The van der Waals surface area contributed by atoms with E-state index in [4.69, 9.17) is 4.74 Å². The summed E-state index contributed by atoms with van der Waals surface area (Å²) in [5.41, 5.74) is 2.57. The van der Waals surface area contributed by atoms with Gasteiger partial charge in [0.15, 0.2) is 10.7 Å². The Morgan fingerprint density at radius 1 is 1.29 bits per heavy atom. The molecule has 0 atom stereocenters. The lowest BCUT2D eigenvalue weighted by Crippen LogP contribution is -2.04. The quantitative estimate of drug-likeness (QED) is 0.805. The minimum atomic E-state index is -0.965. The zero-order valence-electron chi connectivity index (χ0n) is 11.9. The van der Waals surface area contributed by atoms with Crippen LogP contribution in [0.15, 0.2) is 24.3 Å². The first-order valence-corrected chi connectivity index (χ1v) is 7.20. The van der Waals surface area contributed by atoms with Gasteiger partial charge in [0.25, 0.3) is 0 Å². The van der Waals surface area contributed by atoms with Crippen molar-refractivity contribution >= 4 is 22.3 Å². The first kappa shape index (κ1) is 13.6. The first-order chi connectivity index (χ1) is 10.0. The van der Waals surface area contributed by atoms with Crippen LogP contribution in [-0.4, -0.2) is 27.6 Å². The molecular formula is C15H14N2O3S. The predicted molar refractivity (Wildman–Crippen MR) is 81.5 cm³/mol. The summed E-state index contributed by atoms with van der Waals surface area (Å²) in [6.45, 7) is 3.69. The van der Waals surface area contributed by atoms with Gasteiger partial charge < -0.3 is 9.84 Å². The molecular weight excluding hydrogens is 288 g/mol. The Morgan fingerprint density at radius 3 is 2.52 bits per heavy atom. The molecule has 2 heterocycles. The highest BCUT2D eigenvalue weighted by molar-refractivity contribution is 7.17. The summed E-state index contributed by atoms with van der Waals surface area (Å²) in [7, 11) is 1.62. The van der Waals surface area contributed by atoms with Gasteiger partial charge in [0.1, 0.15) is 5.75 Å². The van der Waals surface area contributed by atoms with E-state index in [2.05, 4.69) is 4.98 Å². The number of thiazole rings is 1. The van der Waals surface area contributed by atoms with Crippen molar-refractivity contribution in [3.8, 4) is 17.0 Å². The predicted octanol–water partition coefficient (Wildman–Crippen LogP) is 3.39. The van der Waals surface area contributed by atoms with Gasteiger partial charge in [0.2, 0.25) is 0 Å². The van der Waals surface area contributed by atoms with Crippen LogP contribution >= 0.6 is 11.3 Å². The molecule has 0 bridgehead atoms. The maximum Gasteiger partial charge on any atom is 0.354 e. The Hall–Kier alpha value is -2.34. The molecule has 3 aromatic rings. The molecule has 0 saturated heterocycles. The second kappa shape index (κ2) is 4.89. The molecule has 0 amide bonds. The largest absolute Gasteiger partial charge is 0.497 e. The topological polar surface area (TPSA) is 63.8 Å². The van der Waals surface area contributed by atoms with E-state index in [0.29, 0.717) is 10.7 Å². The van der Waals surface area contributed by atoms with Gasteiger partial charge in [0, 0.05) is 4.88 Å². The van der Waals surface area contributed by atoms with Crippen LogP contribution in [0.3, 0.4) is 0 Å². The van der Waals surface area contributed by atoms with Crippen molar-refractivity contribution in [1.82, 2.24) is 9.38 Å². The van der Waals surface area contributed by atoms with Crippen molar-refractivity contribution in [2.75, 3.05) is 7.11 Å². The summed E-state index contributed by atoms with van der Waals surface area (Å²) in [6, 6.07) is 7.58. The third-order valence-corrected chi connectivity index (χ3v) is 4.34. The van der Waals surface area contributed by atoms with Crippen molar-refractivity contribution in [3.05, 3.63) is 40.5 Å². The summed E-state index contributed by atoms with van der Waals surface area (Å²) in [4.78, 5) is 17.6. The Bertz CT molecular complexity index is 831. The van der Waals surface area contributed by atoms with Gasteiger partial charge in [-0.3, -0.25) is 4.40 Å². The number of nitrogens with zero attached hydrogens (tertiary/aromatic N) is 2. The van der Waals surface area contributed by atoms with Crippen molar-refractivity contribution < 1.29 is 14.6 Å². The molecule has 2 aromatic heterocycles. The van der Waals surface area contributed by atoms with Crippen LogP contribution in [0.1, 0.15) is 21.1 Å². The summed E-state index contributed by atoms with van der Waals surface area (Å²) >= 11 is 1.49. The highest BCUT2D eigenvalue weighted by Crippen LogP contribution is 2.34. The third-order valence-electron chi connectivity index (χ3n) is 3.39. The number of aromatic carboxylic acids is 1. The molecule has 0 aliphatic rings. The van der Waals surface area contributed by atoms with Crippen LogP contribution in [0, 0.1) is 13.8 Å². The molecule has 0 radical (unpaired) electrons. The monoisotopic (exact) mass is 302 g/mol. The molecule has 0 spiro atoms. The van der Waals surface area contributed by atoms with E-state index in [-0.39, 0.29) is 5.69 Å². The summed E-state index contributed by atoms with van der Waals surface area (Å²) in [5, 5.41) is 9.44. The van der Waals surface area contributed by atoms with E-state index in [1.54, 1.807) is 18.4 Å². The summed E-state index contributed by atoms with van der Waals surface area (Å²) < 4.78 is 6.88. The number of fused-ring (bicyclic) bond motifs is 1. The van der Waals surface area contributed by atoms with E-state index in [0.717, 1.165) is 21.9 Å². The third kappa shape index (κ3) is 2.08. The lowest BCUT2D eigenvalue weighted by atomic mass is 10.1. The molecule has 0 aliphatic heterocycles. The number of ether oxygens (including phenoxy) is 1. The number of aromatic nitrogens is 2. The normalized spacial score (nSPS) is 11.0. The summed E-state index contributed by atoms with van der Waals surface area (Å²) in [5.74, 6) is -0.198. The lowest BCUT2D eigenvalue weighted by molar-refractivity contribution is 0.0688. The Kier molecular flexibility index (Phi) is 3.17. The Morgan fingerprint density at radius 2 is 1.95 bits per heavy atom. The van der Waals surface area contributed by atoms with Gasteiger partial charge in [-0.25, -0.2) is 9.78 Å². The molecule has 5 nitrogen and oxygen atoms in total. The van der Waals surface area contributed by atoms with Gasteiger partial charge in [-0.1, -0.05) is 0 Å². The number of hydrogen-bond donors (Lipinski definition) is 1. The minimum absolute atomic E-state index is 0.222. The van der Waals surface area contributed by atoms with Crippen molar-refractivity contribution in [2.45, 2.75) is 13.8 Å². The fourth-order valence-corrected chi connectivity index (χ4v) is 3.49. The first-order valence-electron chi connectivity index (χ1n) is 6.39. The number of aryl methyl sites for hydroxylation is 2. The van der Waals surface area contributed by atoms with Crippen molar-refractivity contribution in [2.24, 2.45) is 0 Å². The van der Waals surface area contributed by atoms with Crippen LogP contribution in [0.2, 0.25) is 0 Å². The van der Waals surface area contributed by atoms with Gasteiger partial charge in [0.05, 0.1) is 18.5 Å². The second-order valence-corrected chi connectivity index (χ2v) is 5.89. The maximum atomic E-state index is 11.5. The number of carboxylic acids is 1.